The highest BCUT2D eigenvalue weighted by atomic mass is 19.4. The van der Waals surface area contributed by atoms with E-state index in [1.807, 2.05) is 48.5 Å². The quantitative estimate of drug-likeness (QED) is 0.743. The molecule has 0 saturated carbocycles. The molecule has 1 heterocycles. The minimum absolute atomic E-state index is 0.0550. The number of rotatable bonds is 7. The lowest BCUT2D eigenvalue weighted by Crippen LogP contribution is -2.51. The summed E-state index contributed by atoms with van der Waals surface area (Å²) in [6.07, 6.45) is -3.95. The fraction of sp³-hybridized carbons (Fsp3) is 0.409. The van der Waals surface area contributed by atoms with Crippen LogP contribution in [0.15, 0.2) is 48.5 Å². The first-order chi connectivity index (χ1) is 14.3. The third-order valence-electron chi connectivity index (χ3n) is 5.09. The zero-order valence-corrected chi connectivity index (χ0v) is 16.9. The molecule has 3 rings (SSSR count). The number of benzene rings is 2. The second-order valence-corrected chi connectivity index (χ2v) is 7.35. The first-order valence-corrected chi connectivity index (χ1v) is 9.85. The van der Waals surface area contributed by atoms with E-state index in [1.165, 1.54) is 4.90 Å². The Labute approximate surface area is 174 Å². The van der Waals surface area contributed by atoms with Gasteiger partial charge in [0.05, 0.1) is 20.1 Å². The first-order valence-electron chi connectivity index (χ1n) is 9.85. The Morgan fingerprint density at radius 1 is 0.967 bits per heavy atom. The lowest BCUT2D eigenvalue weighted by molar-refractivity contribution is -0.151. The molecule has 0 atom stereocenters. The fourth-order valence-corrected chi connectivity index (χ4v) is 3.38. The molecule has 2 aromatic carbocycles. The Bertz CT molecular complexity index is 815. The third-order valence-corrected chi connectivity index (χ3v) is 5.09. The topological polar surface area (TPSA) is 44.8 Å². The van der Waals surface area contributed by atoms with Gasteiger partial charge in [-0.25, -0.2) is 0 Å². The van der Waals surface area contributed by atoms with Crippen LogP contribution >= 0.6 is 0 Å². The van der Waals surface area contributed by atoms with Crippen molar-refractivity contribution in [3.63, 3.8) is 0 Å². The molecular weight excluding hydrogens is 395 g/mol. The molecule has 30 heavy (non-hydrogen) atoms. The SMILES string of the molecule is COc1ccc(CNc2ccc(CC(=O)N3CCN(CC(F)(F)F)CC3)cc2)cc1. The Balaban J connectivity index is 1.44. The Kier molecular flexibility index (Phi) is 7.20. The van der Waals surface area contributed by atoms with Crippen molar-refractivity contribution in [2.75, 3.05) is 45.2 Å². The highest BCUT2D eigenvalue weighted by molar-refractivity contribution is 5.79. The summed E-state index contributed by atoms with van der Waals surface area (Å²) >= 11 is 0. The molecule has 0 unspecified atom stereocenters. The lowest BCUT2D eigenvalue weighted by atomic mass is 10.1. The van der Waals surface area contributed by atoms with Crippen molar-refractivity contribution in [1.29, 1.82) is 0 Å². The van der Waals surface area contributed by atoms with Gasteiger partial charge in [-0.1, -0.05) is 24.3 Å². The van der Waals surface area contributed by atoms with Crippen LogP contribution < -0.4 is 10.1 Å². The molecule has 1 aliphatic heterocycles. The molecule has 0 aliphatic carbocycles. The van der Waals surface area contributed by atoms with E-state index in [-0.39, 0.29) is 25.4 Å². The number of hydrogen-bond acceptors (Lipinski definition) is 4. The molecule has 1 fully saturated rings. The summed E-state index contributed by atoms with van der Waals surface area (Å²) in [4.78, 5) is 15.4. The number of carbonyl (C=O) groups is 1. The van der Waals surface area contributed by atoms with E-state index in [1.54, 1.807) is 12.0 Å². The van der Waals surface area contributed by atoms with E-state index in [0.29, 0.717) is 19.6 Å². The zero-order valence-electron chi connectivity index (χ0n) is 16.9. The van der Waals surface area contributed by atoms with Gasteiger partial charge in [-0.15, -0.1) is 0 Å². The molecule has 0 spiro atoms. The number of alkyl halides is 3. The molecule has 1 saturated heterocycles. The van der Waals surface area contributed by atoms with Gasteiger partial charge < -0.3 is 15.0 Å². The van der Waals surface area contributed by atoms with Crippen LogP contribution in [0, 0.1) is 0 Å². The minimum atomic E-state index is -4.20. The number of anilines is 1. The van der Waals surface area contributed by atoms with Gasteiger partial charge in [0, 0.05) is 38.4 Å². The molecular formula is C22H26F3N3O2. The largest absolute Gasteiger partial charge is 0.497 e. The first kappa shape index (κ1) is 22.0. The predicted octanol–water partition coefficient (Wildman–Crippen LogP) is 3.56. The van der Waals surface area contributed by atoms with Crippen LogP contribution in [0.2, 0.25) is 0 Å². The summed E-state index contributed by atoms with van der Waals surface area (Å²) in [5, 5.41) is 3.33. The maximum Gasteiger partial charge on any atom is 0.401 e. The molecule has 0 aromatic heterocycles. The molecule has 5 nitrogen and oxygen atoms in total. The number of carbonyl (C=O) groups excluding carboxylic acids is 1. The van der Waals surface area contributed by atoms with Crippen LogP contribution in [-0.2, 0) is 17.8 Å². The molecule has 1 N–H and O–H groups in total. The van der Waals surface area contributed by atoms with E-state index >= 15 is 0 Å². The molecule has 1 amide bonds. The molecule has 0 bridgehead atoms. The van der Waals surface area contributed by atoms with Crippen LogP contribution in [0.25, 0.3) is 0 Å². The number of methoxy groups -OCH3 is 1. The molecule has 8 heteroatoms. The van der Waals surface area contributed by atoms with Crippen LogP contribution in [0.5, 0.6) is 5.75 Å². The van der Waals surface area contributed by atoms with E-state index in [2.05, 4.69) is 5.32 Å². The van der Waals surface area contributed by atoms with E-state index in [9.17, 15) is 18.0 Å². The van der Waals surface area contributed by atoms with E-state index in [0.717, 1.165) is 22.6 Å². The van der Waals surface area contributed by atoms with Gasteiger partial charge in [-0.2, -0.15) is 13.2 Å². The number of halogens is 3. The van der Waals surface area contributed by atoms with Crippen molar-refractivity contribution >= 4 is 11.6 Å². The Hall–Kier alpha value is -2.74. The van der Waals surface area contributed by atoms with Gasteiger partial charge in [0.2, 0.25) is 5.91 Å². The van der Waals surface area contributed by atoms with E-state index < -0.39 is 12.7 Å². The number of nitrogens with zero attached hydrogens (tertiary/aromatic N) is 2. The average Bonchev–Trinajstić information content (AvgIpc) is 2.73. The summed E-state index contributed by atoms with van der Waals surface area (Å²) in [7, 11) is 1.63. The van der Waals surface area contributed by atoms with Crippen LogP contribution in [0.3, 0.4) is 0 Å². The predicted molar refractivity (Wildman–Crippen MR) is 110 cm³/mol. The molecule has 0 radical (unpaired) electrons. The van der Waals surface area contributed by atoms with E-state index in [4.69, 9.17) is 4.74 Å². The second-order valence-electron chi connectivity index (χ2n) is 7.35. The van der Waals surface area contributed by atoms with Gasteiger partial charge in [-0.3, -0.25) is 9.69 Å². The van der Waals surface area contributed by atoms with Gasteiger partial charge >= 0.3 is 6.18 Å². The highest BCUT2D eigenvalue weighted by Crippen LogP contribution is 2.18. The average molecular weight is 421 g/mol. The van der Waals surface area contributed by atoms with Gasteiger partial charge in [0.1, 0.15) is 5.75 Å². The van der Waals surface area contributed by atoms with Crippen molar-refractivity contribution in [3.8, 4) is 5.75 Å². The number of hydrogen-bond donors (Lipinski definition) is 1. The minimum Gasteiger partial charge on any atom is -0.497 e. The number of amides is 1. The van der Waals surface area contributed by atoms with Crippen molar-refractivity contribution < 1.29 is 22.7 Å². The summed E-state index contributed by atoms with van der Waals surface area (Å²) < 4.78 is 42.5. The molecule has 1 aliphatic rings. The molecule has 2 aromatic rings. The fourth-order valence-electron chi connectivity index (χ4n) is 3.38. The van der Waals surface area contributed by atoms with Crippen molar-refractivity contribution in [1.82, 2.24) is 9.80 Å². The van der Waals surface area contributed by atoms with Gasteiger partial charge in [-0.05, 0) is 35.4 Å². The monoisotopic (exact) mass is 421 g/mol. The standard InChI is InChI=1S/C22H26F3N3O2/c1-30-20-8-4-18(5-9-20)15-26-19-6-2-17(3-7-19)14-21(29)28-12-10-27(11-13-28)16-22(23,24)25/h2-9,26H,10-16H2,1H3. The maximum atomic E-state index is 12.5. The maximum absolute atomic E-state index is 12.5. The number of piperazine rings is 1. The van der Waals surface area contributed by atoms with Crippen molar-refractivity contribution in [2.24, 2.45) is 0 Å². The van der Waals surface area contributed by atoms with Crippen LogP contribution in [0.1, 0.15) is 11.1 Å². The Morgan fingerprint density at radius 2 is 1.57 bits per heavy atom. The lowest BCUT2D eigenvalue weighted by Gasteiger charge is -2.35. The summed E-state index contributed by atoms with van der Waals surface area (Å²) in [5.41, 5.74) is 2.95. The second kappa shape index (κ2) is 9.84. The zero-order chi connectivity index (χ0) is 21.6. The Morgan fingerprint density at radius 3 is 2.13 bits per heavy atom. The van der Waals surface area contributed by atoms with Crippen molar-refractivity contribution in [3.05, 3.63) is 59.7 Å². The number of ether oxygens (including phenoxy) is 1. The third kappa shape index (κ3) is 6.66. The van der Waals surface area contributed by atoms with Crippen molar-refractivity contribution in [2.45, 2.75) is 19.1 Å². The number of nitrogens with one attached hydrogen (secondary N) is 1. The highest BCUT2D eigenvalue weighted by Gasteiger charge is 2.32. The van der Waals surface area contributed by atoms with Gasteiger partial charge in [0.15, 0.2) is 0 Å². The molecule has 162 valence electrons. The normalized spacial score (nSPS) is 15.1. The van der Waals surface area contributed by atoms with Gasteiger partial charge in [0.25, 0.3) is 0 Å². The smallest absolute Gasteiger partial charge is 0.401 e. The van der Waals surface area contributed by atoms with Crippen LogP contribution in [-0.4, -0.2) is 61.7 Å². The summed E-state index contributed by atoms with van der Waals surface area (Å²) in [5.74, 6) is 0.759. The summed E-state index contributed by atoms with van der Waals surface area (Å²) in [6.45, 7) is 0.913. The summed E-state index contributed by atoms with van der Waals surface area (Å²) in [6, 6.07) is 15.5. The van der Waals surface area contributed by atoms with Crippen LogP contribution in [0.4, 0.5) is 18.9 Å².